The normalized spacial score (nSPS) is 15.4. The molecule has 4 rings (SSSR count). The molecule has 3 heterocycles. The van der Waals surface area contributed by atoms with Gasteiger partial charge in [0.25, 0.3) is 5.91 Å². The van der Waals surface area contributed by atoms with Crippen molar-refractivity contribution in [2.45, 2.75) is 20.8 Å². The van der Waals surface area contributed by atoms with Gasteiger partial charge in [0, 0.05) is 24.8 Å². The second-order valence-electron chi connectivity index (χ2n) is 5.90. The molecule has 122 valence electrons. The number of nitrogens with one attached hydrogen (secondary N) is 1. The number of hydrogen-bond acceptors (Lipinski definition) is 3. The molecule has 1 amide bonds. The van der Waals surface area contributed by atoms with E-state index in [4.69, 9.17) is 0 Å². The van der Waals surface area contributed by atoms with E-state index >= 15 is 0 Å². The van der Waals surface area contributed by atoms with Crippen molar-refractivity contribution in [1.82, 2.24) is 0 Å². The molecule has 2 aromatic heterocycles. The quantitative estimate of drug-likeness (QED) is 0.375. The molecule has 0 radical (unpaired) electrons. The summed E-state index contributed by atoms with van der Waals surface area (Å²) < 4.78 is 3.21. The molecule has 2 nitrogen and oxygen atoms in total. The van der Waals surface area contributed by atoms with Crippen molar-refractivity contribution in [2.24, 2.45) is 0 Å². The van der Waals surface area contributed by atoms with Crippen molar-refractivity contribution in [3.63, 3.8) is 0 Å². The molecule has 0 aliphatic carbocycles. The second-order valence-corrected chi connectivity index (χ2v) is 9.80. The Morgan fingerprint density at radius 2 is 1.88 bits per heavy atom. The first-order valence-corrected chi connectivity index (χ1v) is 10.7. The zero-order valence-corrected chi connectivity index (χ0v) is 18.0. The number of carbonyl (C=O) groups is 1. The number of fused-ring (bicyclic) bond motifs is 2. The summed E-state index contributed by atoms with van der Waals surface area (Å²) in [5, 5.41) is 6.53. The lowest BCUT2D eigenvalue weighted by Gasteiger charge is -2.08. The summed E-state index contributed by atoms with van der Waals surface area (Å²) in [7, 11) is 0. The Labute approximate surface area is 164 Å². The van der Waals surface area contributed by atoms with Gasteiger partial charge in [0.05, 0.1) is 15.3 Å². The van der Waals surface area contributed by atoms with Gasteiger partial charge in [0.15, 0.2) is 0 Å². The van der Waals surface area contributed by atoms with Crippen molar-refractivity contribution < 1.29 is 4.79 Å². The molecular formula is C18H13Br2NOS2. The van der Waals surface area contributed by atoms with E-state index in [-0.39, 0.29) is 5.91 Å². The van der Waals surface area contributed by atoms with Gasteiger partial charge in [-0.25, -0.2) is 0 Å². The number of anilines is 1. The van der Waals surface area contributed by atoms with Crippen molar-refractivity contribution in [1.29, 1.82) is 0 Å². The molecule has 1 N–H and O–H groups in total. The zero-order valence-electron chi connectivity index (χ0n) is 13.2. The highest BCUT2D eigenvalue weighted by molar-refractivity contribution is 9.11. The molecule has 0 bridgehead atoms. The molecule has 1 aromatic carbocycles. The fraction of sp³-hybridized carbons (Fsp3) is 0.167. The molecule has 0 fully saturated rings. The molecule has 0 saturated heterocycles. The molecule has 3 aromatic rings. The Hall–Kier alpha value is -0.950. The maximum Gasteiger partial charge on any atom is 0.256 e. The van der Waals surface area contributed by atoms with E-state index in [1.807, 2.05) is 19.1 Å². The van der Waals surface area contributed by atoms with Gasteiger partial charge in [-0.1, -0.05) is 15.9 Å². The molecule has 0 atom stereocenters. The van der Waals surface area contributed by atoms with Crippen LogP contribution in [0.15, 0.2) is 20.4 Å². The molecule has 1 aliphatic heterocycles. The summed E-state index contributed by atoms with van der Waals surface area (Å²) in [5.74, 6) is -0.0419. The van der Waals surface area contributed by atoms with Gasteiger partial charge in [-0.05, 0) is 70.9 Å². The van der Waals surface area contributed by atoms with Crippen LogP contribution in [0.4, 0.5) is 5.69 Å². The predicted molar refractivity (Wildman–Crippen MR) is 112 cm³/mol. The minimum Gasteiger partial charge on any atom is -0.320 e. The number of thiophene rings is 2. The fourth-order valence-electron chi connectivity index (χ4n) is 3.12. The number of carbonyl (C=O) groups excluding carboxylic acids is 1. The summed E-state index contributed by atoms with van der Waals surface area (Å²) in [6, 6.07) is 1.98. The highest BCUT2D eigenvalue weighted by Crippen LogP contribution is 2.45. The van der Waals surface area contributed by atoms with Crippen LogP contribution in [0.3, 0.4) is 0 Å². The Kier molecular flexibility index (Phi) is 3.99. The average molecular weight is 483 g/mol. The first kappa shape index (κ1) is 16.5. The van der Waals surface area contributed by atoms with Crippen molar-refractivity contribution in [2.75, 3.05) is 5.32 Å². The average Bonchev–Trinajstić information content (AvgIpc) is 3.15. The Bertz CT molecular complexity index is 1060. The van der Waals surface area contributed by atoms with Crippen LogP contribution in [0.5, 0.6) is 0 Å². The van der Waals surface area contributed by atoms with Crippen LogP contribution in [0.2, 0.25) is 0 Å². The minimum absolute atomic E-state index is 0.0419. The fourth-order valence-corrected chi connectivity index (χ4v) is 6.87. The lowest BCUT2D eigenvalue weighted by atomic mass is 10.00. The van der Waals surface area contributed by atoms with E-state index in [1.165, 1.54) is 20.5 Å². The summed E-state index contributed by atoms with van der Waals surface area (Å²) >= 11 is 10.7. The van der Waals surface area contributed by atoms with E-state index < -0.39 is 0 Å². The predicted octanol–water partition coefficient (Wildman–Crippen LogP) is 6.91. The standard InChI is InChI=1S/C18H13Br2NOS2/c1-7-6-23-18-14(7)9(3)13(24-18)4-10-15-8(2)11(19)5-12(20)16(15)21-17(10)22/h4-6H,1-3H3,(H,21,22). The van der Waals surface area contributed by atoms with Crippen molar-refractivity contribution in [3.8, 4) is 0 Å². The van der Waals surface area contributed by atoms with Crippen LogP contribution >= 0.6 is 54.5 Å². The monoisotopic (exact) mass is 481 g/mol. The molecule has 0 unspecified atom stereocenters. The largest absolute Gasteiger partial charge is 0.320 e. The SMILES string of the molecule is Cc1c(Br)cc(Br)c2c1C(=Cc1sc3scc(C)c3c1C)C(=O)N2. The maximum absolute atomic E-state index is 12.6. The van der Waals surface area contributed by atoms with Crippen molar-refractivity contribution >= 4 is 87.2 Å². The molecule has 6 heteroatoms. The summed E-state index contributed by atoms with van der Waals surface area (Å²) in [4.78, 5) is 13.7. The number of halogens is 2. The molecule has 0 spiro atoms. The molecular weight excluding hydrogens is 470 g/mol. The van der Waals surface area contributed by atoms with Gasteiger partial charge in [-0.15, -0.1) is 22.7 Å². The first-order valence-electron chi connectivity index (χ1n) is 7.37. The lowest BCUT2D eigenvalue weighted by Crippen LogP contribution is -2.03. The Morgan fingerprint density at radius 1 is 1.12 bits per heavy atom. The number of aryl methyl sites for hydroxylation is 2. The van der Waals surface area contributed by atoms with E-state index in [9.17, 15) is 4.79 Å². The van der Waals surface area contributed by atoms with Crippen LogP contribution < -0.4 is 5.32 Å². The Morgan fingerprint density at radius 3 is 2.58 bits per heavy atom. The van der Waals surface area contributed by atoms with Crippen LogP contribution in [-0.4, -0.2) is 5.91 Å². The maximum atomic E-state index is 12.6. The zero-order chi connectivity index (χ0) is 17.2. The number of hydrogen-bond donors (Lipinski definition) is 1. The van der Waals surface area contributed by atoms with Crippen LogP contribution in [0.25, 0.3) is 21.0 Å². The molecule has 0 saturated carbocycles. The second kappa shape index (κ2) is 5.80. The van der Waals surface area contributed by atoms with Gasteiger partial charge in [0.2, 0.25) is 0 Å². The van der Waals surface area contributed by atoms with Gasteiger partial charge in [0.1, 0.15) is 0 Å². The highest BCUT2D eigenvalue weighted by atomic mass is 79.9. The number of benzene rings is 1. The summed E-state index contributed by atoms with van der Waals surface area (Å²) in [5.41, 5.74) is 6.22. The summed E-state index contributed by atoms with van der Waals surface area (Å²) in [6.07, 6.45) is 2.04. The topological polar surface area (TPSA) is 29.1 Å². The number of amides is 1. The lowest BCUT2D eigenvalue weighted by molar-refractivity contribution is -0.110. The third-order valence-electron chi connectivity index (χ3n) is 4.39. The van der Waals surface area contributed by atoms with Crippen LogP contribution in [-0.2, 0) is 4.79 Å². The van der Waals surface area contributed by atoms with Gasteiger partial charge in [-0.2, -0.15) is 0 Å². The van der Waals surface area contributed by atoms with E-state index in [1.54, 1.807) is 22.7 Å². The van der Waals surface area contributed by atoms with E-state index in [0.29, 0.717) is 0 Å². The smallest absolute Gasteiger partial charge is 0.256 e. The minimum atomic E-state index is -0.0419. The van der Waals surface area contributed by atoms with E-state index in [2.05, 4.69) is 56.4 Å². The molecule has 24 heavy (non-hydrogen) atoms. The third-order valence-corrected chi connectivity index (χ3v) is 8.30. The van der Waals surface area contributed by atoms with E-state index in [0.717, 1.165) is 36.2 Å². The van der Waals surface area contributed by atoms with Gasteiger partial charge in [-0.3, -0.25) is 4.79 Å². The highest BCUT2D eigenvalue weighted by Gasteiger charge is 2.29. The molecule has 1 aliphatic rings. The first-order chi connectivity index (χ1) is 11.4. The van der Waals surface area contributed by atoms with Gasteiger partial charge >= 0.3 is 0 Å². The Balaban J connectivity index is 1.96. The number of rotatable bonds is 1. The van der Waals surface area contributed by atoms with Crippen molar-refractivity contribution in [3.05, 3.63) is 47.5 Å². The van der Waals surface area contributed by atoms with Crippen LogP contribution in [0, 0.1) is 20.8 Å². The summed E-state index contributed by atoms with van der Waals surface area (Å²) in [6.45, 7) is 6.32. The van der Waals surface area contributed by atoms with Crippen LogP contribution in [0.1, 0.15) is 27.1 Å². The third kappa shape index (κ3) is 2.35. The van der Waals surface area contributed by atoms with Gasteiger partial charge < -0.3 is 5.32 Å².